The van der Waals surface area contributed by atoms with E-state index in [4.69, 9.17) is 4.74 Å². The fraction of sp³-hybridized carbons (Fsp3) is 0.714. The first-order valence-corrected chi connectivity index (χ1v) is 7.16. The van der Waals surface area contributed by atoms with E-state index in [1.165, 1.54) is 5.56 Å². The summed E-state index contributed by atoms with van der Waals surface area (Å²) in [5, 5.41) is 7.57. The Morgan fingerprint density at radius 3 is 3.00 bits per heavy atom. The van der Waals surface area contributed by atoms with Crippen molar-refractivity contribution in [3.05, 3.63) is 18.0 Å². The van der Waals surface area contributed by atoms with Crippen molar-refractivity contribution in [2.24, 2.45) is 18.0 Å². The standard InChI is InChI=1S/C14H25N5O.HI/c1-15-14(18(2)9-13-5-7-20-11-13)16-6-4-12-8-17-19(3)10-12;/h8,10,13H,4-7,9,11H2,1-3H3,(H,15,16);1H. The summed E-state index contributed by atoms with van der Waals surface area (Å²) in [6, 6.07) is 0. The Kier molecular flexibility index (Phi) is 8.02. The molecule has 21 heavy (non-hydrogen) atoms. The molecule has 2 heterocycles. The van der Waals surface area contributed by atoms with Gasteiger partial charge in [-0.2, -0.15) is 5.10 Å². The van der Waals surface area contributed by atoms with Crippen molar-refractivity contribution >= 4 is 29.9 Å². The van der Waals surface area contributed by atoms with Gasteiger partial charge in [0.15, 0.2) is 5.96 Å². The van der Waals surface area contributed by atoms with Gasteiger partial charge < -0.3 is 15.0 Å². The van der Waals surface area contributed by atoms with Gasteiger partial charge in [-0.1, -0.05) is 0 Å². The van der Waals surface area contributed by atoms with Gasteiger partial charge >= 0.3 is 0 Å². The van der Waals surface area contributed by atoms with Crippen molar-refractivity contribution in [3.8, 4) is 0 Å². The number of nitrogens with one attached hydrogen (secondary N) is 1. The van der Waals surface area contributed by atoms with Crippen molar-refractivity contribution in [1.29, 1.82) is 0 Å². The van der Waals surface area contributed by atoms with E-state index in [0.717, 1.165) is 45.1 Å². The molecule has 6 nitrogen and oxygen atoms in total. The third-order valence-corrected chi connectivity index (χ3v) is 3.58. The summed E-state index contributed by atoms with van der Waals surface area (Å²) in [5.74, 6) is 1.57. The van der Waals surface area contributed by atoms with E-state index in [1.54, 1.807) is 0 Å². The summed E-state index contributed by atoms with van der Waals surface area (Å²) >= 11 is 0. The third kappa shape index (κ3) is 5.82. The van der Waals surface area contributed by atoms with Crippen LogP contribution in [0.25, 0.3) is 0 Å². The highest BCUT2D eigenvalue weighted by molar-refractivity contribution is 14.0. The molecule has 2 rings (SSSR count). The van der Waals surface area contributed by atoms with Crippen LogP contribution < -0.4 is 5.32 Å². The summed E-state index contributed by atoms with van der Waals surface area (Å²) in [5.41, 5.74) is 1.24. The maximum atomic E-state index is 5.42. The van der Waals surface area contributed by atoms with Gasteiger partial charge in [-0.25, -0.2) is 0 Å². The minimum atomic E-state index is 0. The van der Waals surface area contributed by atoms with Gasteiger partial charge in [0.05, 0.1) is 12.8 Å². The lowest BCUT2D eigenvalue weighted by molar-refractivity contribution is 0.181. The number of rotatable bonds is 5. The zero-order valence-electron chi connectivity index (χ0n) is 13.1. The molecule has 1 aliphatic heterocycles. The predicted octanol–water partition coefficient (Wildman–Crippen LogP) is 1.12. The Bertz CT molecular complexity index is 442. The first-order valence-electron chi connectivity index (χ1n) is 7.16. The van der Waals surface area contributed by atoms with Gasteiger partial charge in [0.25, 0.3) is 0 Å². The van der Waals surface area contributed by atoms with Crippen LogP contribution >= 0.6 is 24.0 Å². The van der Waals surface area contributed by atoms with Gasteiger partial charge in [-0.05, 0) is 18.4 Å². The fourth-order valence-corrected chi connectivity index (χ4v) is 2.51. The Labute approximate surface area is 144 Å². The normalized spacial score (nSPS) is 18.4. The molecule has 0 saturated carbocycles. The molecule has 1 N–H and O–H groups in total. The lowest BCUT2D eigenvalue weighted by Gasteiger charge is -2.24. The largest absolute Gasteiger partial charge is 0.381 e. The second-order valence-electron chi connectivity index (χ2n) is 5.36. The molecule has 7 heteroatoms. The minimum Gasteiger partial charge on any atom is -0.381 e. The van der Waals surface area contributed by atoms with E-state index in [2.05, 4.69) is 27.4 Å². The van der Waals surface area contributed by atoms with E-state index in [0.29, 0.717) is 5.92 Å². The molecule has 0 spiro atoms. The van der Waals surface area contributed by atoms with Crippen molar-refractivity contribution in [1.82, 2.24) is 20.0 Å². The van der Waals surface area contributed by atoms with Crippen molar-refractivity contribution < 1.29 is 4.74 Å². The van der Waals surface area contributed by atoms with Gasteiger partial charge in [0.1, 0.15) is 0 Å². The van der Waals surface area contributed by atoms with Crippen LogP contribution in [0.3, 0.4) is 0 Å². The van der Waals surface area contributed by atoms with Crippen LogP contribution in [0, 0.1) is 5.92 Å². The number of hydrogen-bond acceptors (Lipinski definition) is 3. The molecular formula is C14H26IN5O. The number of nitrogens with zero attached hydrogens (tertiary/aromatic N) is 4. The lowest BCUT2D eigenvalue weighted by Crippen LogP contribution is -2.42. The first kappa shape index (κ1) is 18.2. The molecule has 0 aromatic carbocycles. The first-order chi connectivity index (χ1) is 9.69. The molecule has 1 aliphatic rings. The highest BCUT2D eigenvalue weighted by atomic mass is 127. The zero-order valence-corrected chi connectivity index (χ0v) is 15.4. The number of ether oxygens (including phenoxy) is 1. The quantitative estimate of drug-likeness (QED) is 0.452. The number of hydrogen-bond donors (Lipinski definition) is 1. The van der Waals surface area contributed by atoms with Gasteiger partial charge in [-0.15, -0.1) is 24.0 Å². The van der Waals surface area contributed by atoms with Crippen molar-refractivity contribution in [2.75, 3.05) is 40.4 Å². The zero-order chi connectivity index (χ0) is 14.4. The van der Waals surface area contributed by atoms with E-state index in [1.807, 2.05) is 31.2 Å². The van der Waals surface area contributed by atoms with E-state index in [-0.39, 0.29) is 24.0 Å². The average molecular weight is 407 g/mol. The number of guanidine groups is 1. The SMILES string of the molecule is CN=C(NCCc1cnn(C)c1)N(C)CC1CCOC1.I. The molecule has 1 unspecified atom stereocenters. The topological polar surface area (TPSA) is 54.7 Å². The maximum Gasteiger partial charge on any atom is 0.193 e. The molecule has 0 amide bonds. The Balaban J connectivity index is 0.00000220. The molecule has 1 atom stereocenters. The smallest absolute Gasteiger partial charge is 0.193 e. The van der Waals surface area contributed by atoms with Crippen LogP contribution in [-0.4, -0.2) is 61.0 Å². The monoisotopic (exact) mass is 407 g/mol. The minimum absolute atomic E-state index is 0. The fourth-order valence-electron chi connectivity index (χ4n) is 2.51. The molecule has 120 valence electrons. The third-order valence-electron chi connectivity index (χ3n) is 3.58. The van der Waals surface area contributed by atoms with Crippen LogP contribution in [0.2, 0.25) is 0 Å². The second kappa shape index (κ2) is 9.24. The Morgan fingerprint density at radius 2 is 2.43 bits per heavy atom. The van der Waals surface area contributed by atoms with Gasteiger partial charge in [0, 0.05) is 53.0 Å². The number of aliphatic imine (C=N–C) groups is 1. The van der Waals surface area contributed by atoms with Crippen LogP contribution in [0.5, 0.6) is 0 Å². The highest BCUT2D eigenvalue weighted by Crippen LogP contribution is 2.13. The molecule has 0 bridgehead atoms. The predicted molar refractivity (Wildman–Crippen MR) is 95.2 cm³/mol. The summed E-state index contributed by atoms with van der Waals surface area (Å²) in [6.45, 7) is 3.62. The number of halogens is 1. The molecule has 1 aromatic rings. The molecule has 0 aliphatic carbocycles. The second-order valence-corrected chi connectivity index (χ2v) is 5.36. The summed E-state index contributed by atoms with van der Waals surface area (Å²) in [6.07, 6.45) is 6.05. The van der Waals surface area contributed by atoms with Crippen LogP contribution in [-0.2, 0) is 18.2 Å². The molecule has 1 aromatic heterocycles. The van der Waals surface area contributed by atoms with Crippen molar-refractivity contribution in [2.45, 2.75) is 12.8 Å². The van der Waals surface area contributed by atoms with Gasteiger partial charge in [-0.3, -0.25) is 9.67 Å². The summed E-state index contributed by atoms with van der Waals surface area (Å²) < 4.78 is 7.25. The highest BCUT2D eigenvalue weighted by Gasteiger charge is 2.18. The molecule has 1 fully saturated rings. The van der Waals surface area contributed by atoms with Crippen molar-refractivity contribution in [3.63, 3.8) is 0 Å². The van der Waals surface area contributed by atoms with Crippen LogP contribution in [0.1, 0.15) is 12.0 Å². The maximum absolute atomic E-state index is 5.42. The van der Waals surface area contributed by atoms with Gasteiger partial charge in [0.2, 0.25) is 0 Å². The Morgan fingerprint density at radius 1 is 1.62 bits per heavy atom. The van der Waals surface area contributed by atoms with E-state index in [9.17, 15) is 0 Å². The number of aromatic nitrogens is 2. The molecule has 1 saturated heterocycles. The summed E-state index contributed by atoms with van der Waals surface area (Å²) in [7, 11) is 5.85. The Hall–Kier alpha value is -0.830. The van der Waals surface area contributed by atoms with Crippen LogP contribution in [0.4, 0.5) is 0 Å². The van der Waals surface area contributed by atoms with E-state index >= 15 is 0 Å². The average Bonchev–Trinajstić information content (AvgIpc) is 3.06. The molecular weight excluding hydrogens is 381 g/mol. The molecule has 0 radical (unpaired) electrons. The summed E-state index contributed by atoms with van der Waals surface area (Å²) in [4.78, 5) is 6.52. The van der Waals surface area contributed by atoms with Crippen LogP contribution in [0.15, 0.2) is 17.4 Å². The van der Waals surface area contributed by atoms with E-state index < -0.39 is 0 Å². The lowest BCUT2D eigenvalue weighted by atomic mass is 10.1. The number of aryl methyl sites for hydroxylation is 1.